The average Bonchev–Trinajstić information content (AvgIpc) is 2.97. The van der Waals surface area contributed by atoms with Crippen LogP contribution in [0, 0.1) is 0 Å². The monoisotopic (exact) mass is 328 g/mol. The summed E-state index contributed by atoms with van der Waals surface area (Å²) in [5, 5.41) is 12.2. The normalized spacial score (nSPS) is 10.9. The summed E-state index contributed by atoms with van der Waals surface area (Å²) in [7, 11) is 0. The second-order valence-electron chi connectivity index (χ2n) is 5.30. The highest BCUT2D eigenvalue weighted by molar-refractivity contribution is 6.34. The summed E-state index contributed by atoms with van der Waals surface area (Å²) in [4.78, 5) is 13.4. The number of aromatic nitrogens is 3. The summed E-state index contributed by atoms with van der Waals surface area (Å²) in [6, 6.07) is 13.1. The topological polar surface area (TPSA) is 59.8 Å². The zero-order chi connectivity index (χ0) is 16.2. The van der Waals surface area contributed by atoms with Gasteiger partial charge in [-0.05, 0) is 30.7 Å². The number of nitrogens with one attached hydrogen (secondary N) is 1. The van der Waals surface area contributed by atoms with Crippen molar-refractivity contribution in [2.75, 3.05) is 5.32 Å². The minimum atomic E-state index is -0.0384. The molecule has 1 N–H and O–H groups in total. The van der Waals surface area contributed by atoms with Crippen LogP contribution in [0.2, 0.25) is 5.02 Å². The van der Waals surface area contributed by atoms with Gasteiger partial charge >= 0.3 is 0 Å². The maximum absolute atomic E-state index is 11.9. The van der Waals surface area contributed by atoms with Gasteiger partial charge in [-0.1, -0.05) is 43.1 Å². The van der Waals surface area contributed by atoms with Crippen LogP contribution < -0.4 is 5.32 Å². The minimum absolute atomic E-state index is 0.0384. The first kappa shape index (κ1) is 15.5. The van der Waals surface area contributed by atoms with E-state index in [4.69, 9.17) is 11.6 Å². The predicted molar refractivity (Wildman–Crippen MR) is 92.0 cm³/mol. The van der Waals surface area contributed by atoms with Crippen molar-refractivity contribution in [1.29, 1.82) is 0 Å². The van der Waals surface area contributed by atoms with E-state index in [0.717, 1.165) is 18.5 Å². The fourth-order valence-corrected chi connectivity index (χ4v) is 2.47. The number of carbonyl (C=O) groups excluding carboxylic acids is 1. The Morgan fingerprint density at radius 1 is 1.17 bits per heavy atom. The lowest BCUT2D eigenvalue weighted by atomic mass is 10.2. The second-order valence-corrected chi connectivity index (χ2v) is 5.70. The largest absolute Gasteiger partial charge is 0.325 e. The molecule has 0 spiro atoms. The molecule has 0 saturated carbocycles. The lowest BCUT2D eigenvalue weighted by Gasteiger charge is -2.06. The molecule has 1 heterocycles. The lowest BCUT2D eigenvalue weighted by molar-refractivity contribution is -0.116. The molecular weight excluding hydrogens is 312 g/mol. The molecule has 3 aromatic rings. The summed E-state index contributed by atoms with van der Waals surface area (Å²) in [6.45, 7) is 2.05. The number of hydrogen-bond acceptors (Lipinski definition) is 3. The van der Waals surface area contributed by atoms with Crippen molar-refractivity contribution < 1.29 is 4.79 Å². The van der Waals surface area contributed by atoms with Crippen LogP contribution in [-0.4, -0.2) is 20.9 Å². The first-order chi connectivity index (χ1) is 11.2. The van der Waals surface area contributed by atoms with E-state index < -0.39 is 0 Å². The summed E-state index contributed by atoms with van der Waals surface area (Å²) >= 11 is 6.24. The minimum Gasteiger partial charge on any atom is -0.325 e. The van der Waals surface area contributed by atoms with Gasteiger partial charge in [0.15, 0.2) is 0 Å². The molecule has 5 nitrogen and oxygen atoms in total. The molecule has 0 radical (unpaired) electrons. The highest BCUT2D eigenvalue weighted by Gasteiger charge is 2.11. The van der Waals surface area contributed by atoms with Gasteiger partial charge in [-0.15, -0.1) is 10.2 Å². The Bertz CT molecular complexity index is 829. The number of amides is 1. The average molecular weight is 329 g/mol. The number of fused-ring (bicyclic) bond motifs is 1. The number of hydrogen-bond donors (Lipinski definition) is 1. The quantitative estimate of drug-likeness (QED) is 0.763. The molecule has 0 aliphatic carbocycles. The highest BCUT2D eigenvalue weighted by Crippen LogP contribution is 2.27. The number of anilines is 1. The summed E-state index contributed by atoms with van der Waals surface area (Å²) in [6.07, 6.45) is 2.32. The van der Waals surface area contributed by atoms with E-state index in [1.54, 1.807) is 16.9 Å². The highest BCUT2D eigenvalue weighted by atomic mass is 35.5. The van der Waals surface area contributed by atoms with Crippen LogP contribution in [0.5, 0.6) is 0 Å². The number of benzene rings is 2. The van der Waals surface area contributed by atoms with E-state index in [1.165, 1.54) is 0 Å². The van der Waals surface area contributed by atoms with Crippen molar-refractivity contribution in [3.05, 3.63) is 47.5 Å². The van der Waals surface area contributed by atoms with E-state index in [1.807, 2.05) is 37.3 Å². The summed E-state index contributed by atoms with van der Waals surface area (Å²) in [5.74, 6) is -0.0384. The molecule has 0 aliphatic rings. The molecule has 1 aromatic heterocycles. The van der Waals surface area contributed by atoms with E-state index >= 15 is 0 Å². The van der Waals surface area contributed by atoms with Gasteiger partial charge in [0.25, 0.3) is 0 Å². The van der Waals surface area contributed by atoms with Crippen molar-refractivity contribution in [2.45, 2.75) is 26.2 Å². The van der Waals surface area contributed by atoms with Gasteiger partial charge in [0.05, 0.1) is 16.4 Å². The third kappa shape index (κ3) is 3.51. The van der Waals surface area contributed by atoms with E-state index in [0.29, 0.717) is 28.2 Å². The third-order valence-corrected chi connectivity index (χ3v) is 3.80. The molecule has 0 atom stereocenters. The molecule has 3 rings (SSSR count). The smallest absolute Gasteiger partial charge is 0.224 e. The molecule has 0 fully saturated rings. The maximum atomic E-state index is 11.9. The van der Waals surface area contributed by atoms with Crippen LogP contribution in [0.25, 0.3) is 16.7 Å². The Morgan fingerprint density at radius 2 is 1.87 bits per heavy atom. The molecule has 0 bridgehead atoms. The Balaban J connectivity index is 1.90. The molecule has 23 heavy (non-hydrogen) atoms. The van der Waals surface area contributed by atoms with Crippen molar-refractivity contribution in [3.63, 3.8) is 0 Å². The molecule has 0 saturated heterocycles. The first-order valence-electron chi connectivity index (χ1n) is 7.59. The molecular formula is C17H17ClN4O. The fraction of sp³-hybridized carbons (Fsp3) is 0.235. The van der Waals surface area contributed by atoms with Gasteiger partial charge < -0.3 is 5.32 Å². The Hall–Kier alpha value is -2.40. The van der Waals surface area contributed by atoms with Gasteiger partial charge in [-0.2, -0.15) is 4.80 Å². The van der Waals surface area contributed by atoms with Crippen molar-refractivity contribution in [3.8, 4) is 5.69 Å². The number of nitrogens with zero attached hydrogens (tertiary/aromatic N) is 3. The molecule has 6 heteroatoms. The standard InChI is InChI=1S/C17H17ClN4O/c1-2-3-9-17(23)19-14-11-16-15(10-13(14)18)20-22(21-16)12-7-5-4-6-8-12/h4-8,10-11H,2-3,9H2,1H3,(H,19,23). The fourth-order valence-electron chi connectivity index (χ4n) is 2.26. The van der Waals surface area contributed by atoms with Crippen molar-refractivity contribution >= 4 is 34.2 Å². The maximum Gasteiger partial charge on any atom is 0.224 e. The van der Waals surface area contributed by atoms with E-state index in [2.05, 4.69) is 15.5 Å². The SMILES string of the molecule is CCCCC(=O)Nc1cc2nn(-c3ccccc3)nc2cc1Cl. The van der Waals surface area contributed by atoms with Gasteiger partial charge in [0, 0.05) is 6.42 Å². The Kier molecular flexibility index (Phi) is 4.57. The first-order valence-corrected chi connectivity index (χ1v) is 7.97. The molecule has 0 unspecified atom stereocenters. The predicted octanol–water partition coefficient (Wildman–Crippen LogP) is 4.20. The zero-order valence-electron chi connectivity index (χ0n) is 12.8. The Labute approximate surface area is 139 Å². The number of unbranched alkanes of at least 4 members (excludes halogenated alkanes) is 1. The van der Waals surface area contributed by atoms with Crippen LogP contribution >= 0.6 is 11.6 Å². The van der Waals surface area contributed by atoms with Crippen LogP contribution in [0.3, 0.4) is 0 Å². The van der Waals surface area contributed by atoms with Crippen LogP contribution in [0.1, 0.15) is 26.2 Å². The van der Waals surface area contributed by atoms with Gasteiger partial charge in [-0.25, -0.2) is 0 Å². The molecule has 0 aliphatic heterocycles. The van der Waals surface area contributed by atoms with Crippen LogP contribution in [0.15, 0.2) is 42.5 Å². The number of halogens is 1. The second kappa shape index (κ2) is 6.79. The number of rotatable bonds is 5. The van der Waals surface area contributed by atoms with Gasteiger partial charge in [0.1, 0.15) is 11.0 Å². The summed E-state index contributed by atoms with van der Waals surface area (Å²) < 4.78 is 0. The third-order valence-electron chi connectivity index (χ3n) is 3.49. The Morgan fingerprint density at radius 3 is 2.57 bits per heavy atom. The lowest BCUT2D eigenvalue weighted by Crippen LogP contribution is -2.11. The number of para-hydroxylation sites is 1. The van der Waals surface area contributed by atoms with Gasteiger partial charge in [-0.3, -0.25) is 4.79 Å². The summed E-state index contributed by atoms with van der Waals surface area (Å²) in [5.41, 5.74) is 2.81. The number of carbonyl (C=O) groups is 1. The molecule has 118 valence electrons. The van der Waals surface area contributed by atoms with Gasteiger partial charge in [0.2, 0.25) is 5.91 Å². The molecule has 2 aromatic carbocycles. The van der Waals surface area contributed by atoms with E-state index in [-0.39, 0.29) is 5.91 Å². The molecule has 1 amide bonds. The zero-order valence-corrected chi connectivity index (χ0v) is 13.5. The van der Waals surface area contributed by atoms with Crippen molar-refractivity contribution in [2.24, 2.45) is 0 Å². The van der Waals surface area contributed by atoms with Crippen LogP contribution in [-0.2, 0) is 4.79 Å². The van der Waals surface area contributed by atoms with Crippen molar-refractivity contribution in [1.82, 2.24) is 15.0 Å². The van der Waals surface area contributed by atoms with Crippen LogP contribution in [0.4, 0.5) is 5.69 Å². The van der Waals surface area contributed by atoms with E-state index in [9.17, 15) is 4.79 Å².